The lowest BCUT2D eigenvalue weighted by Crippen LogP contribution is -2.53. The largest absolute Gasteiger partial charge is 0.322 e. The third-order valence-corrected chi connectivity index (χ3v) is 5.80. The van der Waals surface area contributed by atoms with Gasteiger partial charge in [0.1, 0.15) is 0 Å². The number of rotatable bonds is 2. The number of benzene rings is 1. The molecule has 122 valence electrons. The fourth-order valence-electron chi connectivity index (χ4n) is 2.60. The summed E-state index contributed by atoms with van der Waals surface area (Å²) in [5, 5.41) is 7.10. The number of amides is 2. The molecule has 3 rings (SSSR count). The van der Waals surface area contributed by atoms with Gasteiger partial charge in [-0.3, -0.25) is 4.21 Å². The van der Waals surface area contributed by atoms with Gasteiger partial charge in [-0.1, -0.05) is 6.07 Å². The van der Waals surface area contributed by atoms with Crippen LogP contribution in [0.25, 0.3) is 5.69 Å². The highest BCUT2D eigenvalue weighted by atomic mass is 32.2. The maximum atomic E-state index is 12.5. The van der Waals surface area contributed by atoms with Crippen LogP contribution in [0.2, 0.25) is 0 Å². The van der Waals surface area contributed by atoms with Crippen LogP contribution < -0.4 is 5.32 Å². The second-order valence-corrected chi connectivity index (χ2v) is 8.37. The number of carbonyl (C=O) groups excluding carboxylic acids is 1. The van der Waals surface area contributed by atoms with Crippen molar-refractivity contribution in [1.29, 1.82) is 0 Å². The van der Waals surface area contributed by atoms with E-state index < -0.39 is 10.8 Å². The van der Waals surface area contributed by atoms with Crippen LogP contribution >= 0.6 is 0 Å². The smallest absolute Gasteiger partial charge is 0.321 e. The molecule has 0 spiro atoms. The highest BCUT2D eigenvalue weighted by molar-refractivity contribution is 7.86. The van der Waals surface area contributed by atoms with E-state index in [9.17, 15) is 9.00 Å². The van der Waals surface area contributed by atoms with E-state index in [1.807, 2.05) is 50.4 Å². The number of nitrogens with zero attached hydrogens (tertiary/aromatic N) is 3. The Morgan fingerprint density at radius 1 is 1.35 bits per heavy atom. The molecule has 0 radical (unpaired) electrons. The van der Waals surface area contributed by atoms with E-state index in [-0.39, 0.29) is 10.8 Å². The highest BCUT2D eigenvalue weighted by Crippen LogP contribution is 2.21. The van der Waals surface area contributed by atoms with Crippen LogP contribution in [-0.4, -0.2) is 48.5 Å². The summed E-state index contributed by atoms with van der Waals surface area (Å²) in [4.78, 5) is 14.2. The molecule has 1 aromatic heterocycles. The Morgan fingerprint density at radius 3 is 2.87 bits per heavy atom. The summed E-state index contributed by atoms with van der Waals surface area (Å²) < 4.78 is 13.3. The Labute approximate surface area is 137 Å². The van der Waals surface area contributed by atoms with Gasteiger partial charge in [0.2, 0.25) is 0 Å². The van der Waals surface area contributed by atoms with Crippen molar-refractivity contribution in [3.8, 4) is 5.69 Å². The van der Waals surface area contributed by atoms with Crippen LogP contribution in [0.1, 0.15) is 13.8 Å². The minimum atomic E-state index is -0.891. The molecule has 6 nitrogen and oxygen atoms in total. The number of anilines is 1. The van der Waals surface area contributed by atoms with Crippen molar-refractivity contribution in [3.05, 3.63) is 42.7 Å². The molecule has 2 heterocycles. The fraction of sp³-hybridized carbons (Fsp3) is 0.375. The van der Waals surface area contributed by atoms with Gasteiger partial charge in [0.15, 0.2) is 0 Å². The Balaban J connectivity index is 1.71. The first-order valence-corrected chi connectivity index (χ1v) is 8.82. The zero-order chi connectivity index (χ0) is 16.4. The molecule has 0 saturated carbocycles. The maximum Gasteiger partial charge on any atom is 0.321 e. The Morgan fingerprint density at radius 2 is 2.17 bits per heavy atom. The first-order valence-electron chi connectivity index (χ1n) is 7.50. The van der Waals surface area contributed by atoms with Gasteiger partial charge in [0.25, 0.3) is 0 Å². The van der Waals surface area contributed by atoms with E-state index in [1.54, 1.807) is 15.8 Å². The van der Waals surface area contributed by atoms with E-state index in [0.29, 0.717) is 24.5 Å². The molecular formula is C16H20N4O2S. The Kier molecular flexibility index (Phi) is 4.21. The number of urea groups is 1. The van der Waals surface area contributed by atoms with Crippen molar-refractivity contribution in [1.82, 2.24) is 14.7 Å². The molecule has 1 atom stereocenters. The van der Waals surface area contributed by atoms with Crippen molar-refractivity contribution in [2.45, 2.75) is 18.6 Å². The van der Waals surface area contributed by atoms with Crippen molar-refractivity contribution < 1.29 is 9.00 Å². The van der Waals surface area contributed by atoms with Crippen molar-refractivity contribution >= 4 is 22.5 Å². The van der Waals surface area contributed by atoms with Gasteiger partial charge in [-0.15, -0.1) is 0 Å². The van der Waals surface area contributed by atoms with Crippen molar-refractivity contribution in [2.24, 2.45) is 0 Å². The lowest BCUT2D eigenvalue weighted by atomic mass is 10.2. The van der Waals surface area contributed by atoms with E-state index in [0.717, 1.165) is 5.69 Å². The summed E-state index contributed by atoms with van der Waals surface area (Å²) in [6, 6.07) is 9.21. The van der Waals surface area contributed by atoms with Crippen LogP contribution in [0.5, 0.6) is 0 Å². The quantitative estimate of drug-likeness (QED) is 0.917. The monoisotopic (exact) mass is 332 g/mol. The van der Waals surface area contributed by atoms with Crippen LogP contribution in [0, 0.1) is 0 Å². The van der Waals surface area contributed by atoms with Gasteiger partial charge < -0.3 is 10.2 Å². The molecule has 2 aromatic rings. The van der Waals surface area contributed by atoms with Crippen LogP contribution in [0.15, 0.2) is 42.7 Å². The van der Waals surface area contributed by atoms with Crippen molar-refractivity contribution in [2.75, 3.05) is 24.2 Å². The van der Waals surface area contributed by atoms with Gasteiger partial charge in [0, 0.05) is 47.7 Å². The summed E-state index contributed by atoms with van der Waals surface area (Å²) in [5.41, 5.74) is 1.60. The fourth-order valence-corrected chi connectivity index (χ4v) is 3.84. The summed E-state index contributed by atoms with van der Waals surface area (Å²) in [7, 11) is -0.891. The van der Waals surface area contributed by atoms with Gasteiger partial charge in [0.05, 0.1) is 10.4 Å². The highest BCUT2D eigenvalue weighted by Gasteiger charge is 2.35. The second-order valence-electron chi connectivity index (χ2n) is 6.16. The first kappa shape index (κ1) is 15.7. The number of aromatic nitrogens is 2. The summed E-state index contributed by atoms with van der Waals surface area (Å²) in [5.74, 6) is 0.522. The van der Waals surface area contributed by atoms with Crippen LogP contribution in [-0.2, 0) is 10.8 Å². The molecule has 23 heavy (non-hydrogen) atoms. The minimum Gasteiger partial charge on any atom is -0.322 e. The normalized spacial score (nSPS) is 20.3. The SMILES string of the molecule is CC1(C)CN(C(=O)Nc2cccc(-n3cccn3)c2)CCS1=O. The lowest BCUT2D eigenvalue weighted by Gasteiger charge is -2.37. The molecular weight excluding hydrogens is 312 g/mol. The average Bonchev–Trinajstić information content (AvgIpc) is 3.04. The first-order chi connectivity index (χ1) is 11.0. The molecule has 0 bridgehead atoms. The second kappa shape index (κ2) is 6.16. The molecule has 1 aliphatic heterocycles. The predicted molar refractivity (Wildman–Crippen MR) is 91.2 cm³/mol. The van der Waals surface area contributed by atoms with Crippen molar-refractivity contribution in [3.63, 3.8) is 0 Å². The summed E-state index contributed by atoms with van der Waals surface area (Å²) in [6.45, 7) is 4.87. The van der Waals surface area contributed by atoms with E-state index >= 15 is 0 Å². The Hall–Kier alpha value is -2.15. The molecule has 1 aromatic carbocycles. The molecule has 1 unspecified atom stereocenters. The zero-order valence-electron chi connectivity index (χ0n) is 13.2. The third-order valence-electron chi connectivity index (χ3n) is 3.89. The van der Waals surface area contributed by atoms with Gasteiger partial charge in [-0.25, -0.2) is 9.48 Å². The van der Waals surface area contributed by atoms with Gasteiger partial charge in [-0.2, -0.15) is 5.10 Å². The predicted octanol–water partition coefficient (Wildman–Crippen LogP) is 2.25. The number of hydrogen-bond donors (Lipinski definition) is 1. The zero-order valence-corrected chi connectivity index (χ0v) is 14.0. The molecule has 1 fully saturated rings. The van der Waals surface area contributed by atoms with Gasteiger partial charge in [-0.05, 0) is 38.1 Å². The topological polar surface area (TPSA) is 67.2 Å². The molecule has 1 saturated heterocycles. The third kappa shape index (κ3) is 3.44. The molecule has 1 N–H and O–H groups in total. The van der Waals surface area contributed by atoms with E-state index in [2.05, 4.69) is 10.4 Å². The van der Waals surface area contributed by atoms with Crippen LogP contribution in [0.4, 0.5) is 10.5 Å². The molecule has 2 amide bonds. The molecule has 0 aliphatic carbocycles. The summed E-state index contributed by atoms with van der Waals surface area (Å²) in [6.07, 6.45) is 3.56. The van der Waals surface area contributed by atoms with Gasteiger partial charge >= 0.3 is 6.03 Å². The molecule has 1 aliphatic rings. The number of hydrogen-bond acceptors (Lipinski definition) is 3. The minimum absolute atomic E-state index is 0.160. The average molecular weight is 332 g/mol. The van der Waals surface area contributed by atoms with E-state index in [1.165, 1.54) is 0 Å². The van der Waals surface area contributed by atoms with E-state index in [4.69, 9.17) is 0 Å². The molecule has 7 heteroatoms. The number of carbonyl (C=O) groups is 1. The van der Waals surface area contributed by atoms with Crippen LogP contribution in [0.3, 0.4) is 0 Å². The lowest BCUT2D eigenvalue weighted by molar-refractivity contribution is 0.207. The Bertz CT molecular complexity index is 727. The standard InChI is InChI=1S/C16H20N4O2S/c1-16(2)12-19(9-10-23(16)22)15(21)18-13-5-3-6-14(11-13)20-8-4-7-17-20/h3-8,11H,9-10,12H2,1-2H3,(H,18,21). The number of nitrogens with one attached hydrogen (secondary N) is 1. The summed E-state index contributed by atoms with van der Waals surface area (Å²) >= 11 is 0. The maximum absolute atomic E-state index is 12.5.